The molecule has 0 aliphatic carbocycles. The van der Waals surface area contributed by atoms with Gasteiger partial charge < -0.3 is 19.5 Å². The molecular weight excluding hydrogens is 274 g/mol. The maximum absolute atomic E-state index is 12.2. The fraction of sp³-hybridized carbons (Fsp3) is 0.867. The number of carbonyl (C=O) groups is 2. The third-order valence-electron chi connectivity index (χ3n) is 4.58. The lowest BCUT2D eigenvalue weighted by Crippen LogP contribution is -2.40. The molecule has 6 heteroatoms. The molecule has 3 atom stereocenters. The Morgan fingerprint density at radius 1 is 1.43 bits per heavy atom. The van der Waals surface area contributed by atoms with E-state index in [-0.39, 0.29) is 25.2 Å². The molecule has 0 aromatic heterocycles. The van der Waals surface area contributed by atoms with Crippen molar-refractivity contribution in [2.75, 3.05) is 26.8 Å². The van der Waals surface area contributed by atoms with E-state index in [1.54, 1.807) is 4.90 Å². The Bertz CT molecular complexity index is 400. The van der Waals surface area contributed by atoms with Crippen molar-refractivity contribution in [1.29, 1.82) is 0 Å². The average Bonchev–Trinajstić information content (AvgIpc) is 3.04. The maximum atomic E-state index is 12.2. The summed E-state index contributed by atoms with van der Waals surface area (Å²) < 4.78 is 10.7. The number of hydrogen-bond donors (Lipinski definition) is 1. The van der Waals surface area contributed by atoms with Gasteiger partial charge in [0.05, 0.1) is 18.8 Å². The molecule has 2 aliphatic rings. The van der Waals surface area contributed by atoms with Crippen LogP contribution in [0.4, 0.5) is 0 Å². The Kier molecular flexibility index (Phi) is 5.22. The summed E-state index contributed by atoms with van der Waals surface area (Å²) in [6.45, 7) is 2.94. The Hall–Kier alpha value is -1.14. The fourth-order valence-corrected chi connectivity index (χ4v) is 3.26. The normalized spacial score (nSPS) is 32.6. The first kappa shape index (κ1) is 16.2. The molecule has 0 spiro atoms. The fourth-order valence-electron chi connectivity index (χ4n) is 3.26. The highest BCUT2D eigenvalue weighted by molar-refractivity contribution is 5.80. The summed E-state index contributed by atoms with van der Waals surface area (Å²) in [6.07, 6.45) is 4.15. The number of rotatable bonds is 6. The van der Waals surface area contributed by atoms with Crippen LogP contribution < -0.4 is 0 Å². The summed E-state index contributed by atoms with van der Waals surface area (Å²) in [5, 5.41) is 9.39. The summed E-state index contributed by atoms with van der Waals surface area (Å²) >= 11 is 0. The van der Waals surface area contributed by atoms with Crippen LogP contribution >= 0.6 is 0 Å². The van der Waals surface area contributed by atoms with Gasteiger partial charge in [0.15, 0.2) is 0 Å². The van der Waals surface area contributed by atoms with Gasteiger partial charge in [-0.15, -0.1) is 0 Å². The highest BCUT2D eigenvalue weighted by Crippen LogP contribution is 2.32. The van der Waals surface area contributed by atoms with Crippen LogP contribution in [0.15, 0.2) is 0 Å². The van der Waals surface area contributed by atoms with E-state index in [9.17, 15) is 14.7 Å². The quantitative estimate of drug-likeness (QED) is 0.799. The van der Waals surface area contributed by atoms with Crippen molar-refractivity contribution in [2.24, 2.45) is 5.41 Å². The SMILES string of the molecule is COC[C@]1(C(=O)O)CCN(C(=O)CC[C@H]2CC[C@H](C)O2)C1. The van der Waals surface area contributed by atoms with E-state index >= 15 is 0 Å². The van der Waals surface area contributed by atoms with Crippen LogP contribution in [0.1, 0.15) is 39.0 Å². The van der Waals surface area contributed by atoms with Crippen LogP contribution in [0.2, 0.25) is 0 Å². The van der Waals surface area contributed by atoms with Gasteiger partial charge in [-0.2, -0.15) is 0 Å². The molecule has 2 rings (SSSR count). The predicted molar refractivity (Wildman–Crippen MR) is 75.9 cm³/mol. The van der Waals surface area contributed by atoms with Crippen LogP contribution in [0.25, 0.3) is 0 Å². The first-order chi connectivity index (χ1) is 9.97. The summed E-state index contributed by atoms with van der Waals surface area (Å²) in [4.78, 5) is 25.3. The van der Waals surface area contributed by atoms with Gasteiger partial charge in [-0.1, -0.05) is 0 Å². The van der Waals surface area contributed by atoms with Crippen LogP contribution in [-0.4, -0.2) is 60.9 Å². The molecule has 1 N–H and O–H groups in total. The van der Waals surface area contributed by atoms with Gasteiger partial charge in [0.25, 0.3) is 0 Å². The topological polar surface area (TPSA) is 76.1 Å². The lowest BCUT2D eigenvalue weighted by atomic mass is 9.88. The second-order valence-corrected chi connectivity index (χ2v) is 6.27. The lowest BCUT2D eigenvalue weighted by molar-refractivity contribution is -0.151. The molecule has 2 saturated heterocycles. The molecule has 120 valence electrons. The number of aliphatic carboxylic acids is 1. The van der Waals surface area contributed by atoms with E-state index in [1.807, 2.05) is 6.92 Å². The predicted octanol–water partition coefficient (Wildman–Crippen LogP) is 1.28. The second-order valence-electron chi connectivity index (χ2n) is 6.27. The summed E-state index contributed by atoms with van der Waals surface area (Å²) in [6, 6.07) is 0. The Morgan fingerprint density at radius 2 is 2.19 bits per heavy atom. The first-order valence-electron chi connectivity index (χ1n) is 7.62. The van der Waals surface area contributed by atoms with E-state index in [0.717, 1.165) is 19.3 Å². The van der Waals surface area contributed by atoms with Gasteiger partial charge >= 0.3 is 5.97 Å². The molecule has 0 unspecified atom stereocenters. The molecule has 0 radical (unpaired) electrons. The molecule has 2 heterocycles. The minimum Gasteiger partial charge on any atom is -0.481 e. The van der Waals surface area contributed by atoms with Crippen LogP contribution in [0, 0.1) is 5.41 Å². The van der Waals surface area contributed by atoms with Crippen molar-refractivity contribution < 1.29 is 24.2 Å². The molecule has 21 heavy (non-hydrogen) atoms. The largest absolute Gasteiger partial charge is 0.481 e. The smallest absolute Gasteiger partial charge is 0.313 e. The van der Waals surface area contributed by atoms with Gasteiger partial charge in [-0.25, -0.2) is 0 Å². The molecule has 1 amide bonds. The molecule has 2 fully saturated rings. The highest BCUT2D eigenvalue weighted by atomic mass is 16.5. The second kappa shape index (κ2) is 6.75. The third-order valence-corrected chi connectivity index (χ3v) is 4.58. The zero-order valence-corrected chi connectivity index (χ0v) is 12.8. The number of likely N-dealkylation sites (tertiary alicyclic amines) is 1. The number of nitrogens with zero attached hydrogens (tertiary/aromatic N) is 1. The van der Waals surface area contributed by atoms with Gasteiger partial charge in [0, 0.05) is 26.6 Å². The molecule has 0 aromatic carbocycles. The van der Waals surface area contributed by atoms with Gasteiger partial charge in [-0.3, -0.25) is 9.59 Å². The molecule has 6 nitrogen and oxygen atoms in total. The van der Waals surface area contributed by atoms with Gasteiger partial charge in [0.1, 0.15) is 5.41 Å². The summed E-state index contributed by atoms with van der Waals surface area (Å²) in [7, 11) is 1.49. The maximum Gasteiger partial charge on any atom is 0.313 e. The van der Waals surface area contributed by atoms with Crippen molar-refractivity contribution in [3.63, 3.8) is 0 Å². The van der Waals surface area contributed by atoms with Crippen molar-refractivity contribution >= 4 is 11.9 Å². The summed E-state index contributed by atoms with van der Waals surface area (Å²) in [5.41, 5.74) is -0.942. The number of hydrogen-bond acceptors (Lipinski definition) is 4. The summed E-state index contributed by atoms with van der Waals surface area (Å²) in [5.74, 6) is -0.856. The monoisotopic (exact) mass is 299 g/mol. The van der Waals surface area contributed by atoms with Gasteiger partial charge in [0.2, 0.25) is 5.91 Å². The molecule has 0 saturated carbocycles. The van der Waals surface area contributed by atoms with Crippen molar-refractivity contribution in [2.45, 2.75) is 51.2 Å². The minimum absolute atomic E-state index is 0.0254. The Morgan fingerprint density at radius 3 is 2.76 bits per heavy atom. The first-order valence-corrected chi connectivity index (χ1v) is 7.62. The van der Waals surface area contributed by atoms with Crippen molar-refractivity contribution in [1.82, 2.24) is 4.90 Å². The zero-order chi connectivity index (χ0) is 15.5. The molecule has 2 aliphatic heterocycles. The zero-order valence-electron chi connectivity index (χ0n) is 12.8. The van der Waals surface area contributed by atoms with Crippen molar-refractivity contribution in [3.05, 3.63) is 0 Å². The number of carboxylic acid groups (broad SMARTS) is 1. The molecular formula is C15H25NO5. The number of ether oxygens (including phenoxy) is 2. The van der Waals surface area contributed by atoms with E-state index in [0.29, 0.717) is 25.5 Å². The lowest BCUT2D eigenvalue weighted by Gasteiger charge is -2.24. The van der Waals surface area contributed by atoms with E-state index in [1.165, 1.54) is 7.11 Å². The third kappa shape index (κ3) is 3.74. The standard InChI is InChI=1S/C15H25NO5/c1-11-3-4-12(21-11)5-6-13(17)16-8-7-15(9-16,10-20-2)14(18)19/h11-12H,3-10H2,1-2H3,(H,18,19)/t11-,12+,15-/m0/s1. The molecule has 0 aromatic rings. The van der Waals surface area contributed by atoms with Crippen LogP contribution in [-0.2, 0) is 19.1 Å². The minimum atomic E-state index is -0.942. The number of methoxy groups -OCH3 is 1. The number of carboxylic acids is 1. The van der Waals surface area contributed by atoms with E-state index in [4.69, 9.17) is 9.47 Å². The molecule has 0 bridgehead atoms. The van der Waals surface area contributed by atoms with Crippen LogP contribution in [0.3, 0.4) is 0 Å². The van der Waals surface area contributed by atoms with Crippen molar-refractivity contribution in [3.8, 4) is 0 Å². The van der Waals surface area contributed by atoms with Crippen LogP contribution in [0.5, 0.6) is 0 Å². The van der Waals surface area contributed by atoms with E-state index in [2.05, 4.69) is 0 Å². The Balaban J connectivity index is 1.82. The van der Waals surface area contributed by atoms with Gasteiger partial charge in [-0.05, 0) is 32.6 Å². The number of amides is 1. The number of carbonyl (C=O) groups excluding carboxylic acids is 1. The average molecular weight is 299 g/mol. The van der Waals surface area contributed by atoms with E-state index < -0.39 is 11.4 Å². The highest BCUT2D eigenvalue weighted by Gasteiger charge is 2.46. The Labute approximate surface area is 125 Å².